The minimum absolute atomic E-state index is 0.160. The first-order chi connectivity index (χ1) is 12.6. The molecule has 0 amide bonds. The van der Waals surface area contributed by atoms with Gasteiger partial charge < -0.3 is 0 Å². The van der Waals surface area contributed by atoms with Crippen LogP contribution in [0.4, 0.5) is 18.9 Å². The minimum Gasteiger partial charge on any atom is -0.289 e. The normalized spacial score (nSPS) is 12.8. The quantitative estimate of drug-likeness (QED) is 0.538. The maximum absolute atomic E-state index is 13.2. The number of anilines is 1. The molecule has 3 rings (SSSR count). The Morgan fingerprint density at radius 1 is 1.04 bits per heavy atom. The number of hydrogen-bond acceptors (Lipinski definition) is 2. The van der Waals surface area contributed by atoms with Gasteiger partial charge in [-0.2, -0.15) is 18.3 Å². The number of benzene rings is 2. The number of nitrogens with one attached hydrogen (secondary N) is 1. The number of hydrogen-bond donors (Lipinski definition) is 2. The molecule has 1 heterocycles. The molecule has 11 heteroatoms. The lowest BCUT2D eigenvalue weighted by molar-refractivity contribution is -0.141. The molecule has 142 valence electrons. The molecule has 0 saturated carbocycles. The fraction of sp³-hybridized carbons (Fsp3) is 0.0625. The van der Waals surface area contributed by atoms with Crippen molar-refractivity contribution in [2.75, 3.05) is 4.72 Å². The first kappa shape index (κ1) is 19.7. The first-order valence-electron chi connectivity index (χ1n) is 7.26. The standard InChI is InChI=1S/C16H10Cl2F3N3O2S/c17-12-6-1-9(7-13(12)18)14-8-15(16(19,20)21)22-24(14)11-4-2-10(3-5-11)23-27(25)26/h1-8,23H,(H,25,26). The van der Waals surface area contributed by atoms with E-state index >= 15 is 0 Å². The van der Waals surface area contributed by atoms with Gasteiger partial charge in [-0.15, -0.1) is 0 Å². The summed E-state index contributed by atoms with van der Waals surface area (Å²) in [5, 5.41) is 4.12. The molecule has 1 atom stereocenters. The van der Waals surface area contributed by atoms with Crippen molar-refractivity contribution in [3.05, 3.63) is 64.3 Å². The lowest BCUT2D eigenvalue weighted by atomic mass is 10.1. The minimum atomic E-state index is -4.63. The highest BCUT2D eigenvalue weighted by molar-refractivity contribution is 7.80. The number of rotatable bonds is 4. The molecule has 0 spiro atoms. The van der Waals surface area contributed by atoms with Crippen LogP contribution in [0.2, 0.25) is 10.0 Å². The zero-order valence-corrected chi connectivity index (χ0v) is 15.5. The Morgan fingerprint density at radius 2 is 1.70 bits per heavy atom. The van der Waals surface area contributed by atoms with Gasteiger partial charge in [-0.1, -0.05) is 29.3 Å². The van der Waals surface area contributed by atoms with Crippen LogP contribution >= 0.6 is 23.2 Å². The van der Waals surface area contributed by atoms with Gasteiger partial charge in [0.25, 0.3) is 11.3 Å². The Morgan fingerprint density at radius 3 is 2.26 bits per heavy atom. The van der Waals surface area contributed by atoms with E-state index in [1.807, 2.05) is 0 Å². The maximum Gasteiger partial charge on any atom is 0.435 e. The first-order valence-corrected chi connectivity index (χ1v) is 9.12. The van der Waals surface area contributed by atoms with Gasteiger partial charge in [0.15, 0.2) is 5.69 Å². The van der Waals surface area contributed by atoms with E-state index in [2.05, 4.69) is 9.82 Å². The van der Waals surface area contributed by atoms with Gasteiger partial charge >= 0.3 is 6.18 Å². The second kappa shape index (κ2) is 7.51. The lowest BCUT2D eigenvalue weighted by Gasteiger charge is -2.09. The summed E-state index contributed by atoms with van der Waals surface area (Å²) in [6.45, 7) is 0. The number of halogens is 5. The van der Waals surface area contributed by atoms with Gasteiger partial charge in [-0.05, 0) is 42.5 Å². The van der Waals surface area contributed by atoms with Crippen LogP contribution in [0.1, 0.15) is 5.69 Å². The van der Waals surface area contributed by atoms with Gasteiger partial charge in [-0.25, -0.2) is 8.89 Å². The summed E-state index contributed by atoms with van der Waals surface area (Å²) >= 11 is 9.60. The molecule has 0 fully saturated rings. The van der Waals surface area contributed by atoms with Crippen molar-refractivity contribution >= 4 is 40.2 Å². The monoisotopic (exact) mass is 435 g/mol. The summed E-state index contributed by atoms with van der Waals surface area (Å²) < 4.78 is 62.5. The van der Waals surface area contributed by atoms with E-state index in [9.17, 15) is 17.4 Å². The van der Waals surface area contributed by atoms with Gasteiger partial charge in [0.2, 0.25) is 0 Å². The van der Waals surface area contributed by atoms with E-state index in [1.54, 1.807) is 0 Å². The average Bonchev–Trinajstić information content (AvgIpc) is 3.03. The summed E-state index contributed by atoms with van der Waals surface area (Å²) in [4.78, 5) is 0. The number of aromatic nitrogens is 2. The molecule has 2 aromatic carbocycles. The average molecular weight is 436 g/mol. The highest BCUT2D eigenvalue weighted by Crippen LogP contribution is 2.35. The van der Waals surface area contributed by atoms with Crippen LogP contribution < -0.4 is 4.72 Å². The van der Waals surface area contributed by atoms with Gasteiger partial charge in [0, 0.05) is 11.3 Å². The van der Waals surface area contributed by atoms with Crippen LogP contribution in [0.3, 0.4) is 0 Å². The molecule has 0 aliphatic rings. The van der Waals surface area contributed by atoms with Crippen molar-refractivity contribution in [3.8, 4) is 16.9 Å². The van der Waals surface area contributed by atoms with Crippen molar-refractivity contribution in [1.29, 1.82) is 0 Å². The molecular weight excluding hydrogens is 426 g/mol. The summed E-state index contributed by atoms with van der Waals surface area (Å²) in [6.07, 6.45) is -4.63. The molecule has 5 nitrogen and oxygen atoms in total. The smallest absolute Gasteiger partial charge is 0.289 e. The topological polar surface area (TPSA) is 67.2 Å². The molecule has 0 aliphatic carbocycles. The molecular formula is C16H10Cl2F3N3O2S. The van der Waals surface area contributed by atoms with Crippen molar-refractivity contribution < 1.29 is 21.9 Å². The van der Waals surface area contributed by atoms with Crippen molar-refractivity contribution in [3.63, 3.8) is 0 Å². The predicted octanol–water partition coefficient (Wildman–Crippen LogP) is 5.41. The van der Waals surface area contributed by atoms with Crippen LogP contribution in [0, 0.1) is 0 Å². The lowest BCUT2D eigenvalue weighted by Crippen LogP contribution is -2.07. The molecule has 0 aliphatic heterocycles. The van der Waals surface area contributed by atoms with Gasteiger partial charge in [0.1, 0.15) is 0 Å². The highest BCUT2D eigenvalue weighted by Gasteiger charge is 2.35. The molecule has 27 heavy (non-hydrogen) atoms. The molecule has 1 aromatic heterocycles. The molecule has 0 radical (unpaired) electrons. The van der Waals surface area contributed by atoms with E-state index < -0.39 is 23.1 Å². The highest BCUT2D eigenvalue weighted by atomic mass is 35.5. The summed E-state index contributed by atoms with van der Waals surface area (Å²) in [5.41, 5.74) is 0.125. The second-order valence-corrected chi connectivity index (χ2v) is 6.87. The largest absolute Gasteiger partial charge is 0.435 e. The molecule has 1 unspecified atom stereocenters. The zero-order chi connectivity index (χ0) is 19.8. The second-order valence-electron chi connectivity index (χ2n) is 5.35. The number of alkyl halides is 3. The van der Waals surface area contributed by atoms with Crippen LogP contribution in [0.5, 0.6) is 0 Å². The fourth-order valence-electron chi connectivity index (χ4n) is 2.35. The van der Waals surface area contributed by atoms with E-state index in [0.29, 0.717) is 16.9 Å². The predicted molar refractivity (Wildman–Crippen MR) is 98.4 cm³/mol. The Bertz CT molecular complexity index is 1010. The van der Waals surface area contributed by atoms with Crippen molar-refractivity contribution in [2.45, 2.75) is 6.18 Å². The Balaban J connectivity index is 2.11. The van der Waals surface area contributed by atoms with E-state index in [-0.39, 0.29) is 15.7 Å². The van der Waals surface area contributed by atoms with E-state index in [1.165, 1.54) is 42.5 Å². The Kier molecular flexibility index (Phi) is 5.48. The molecule has 0 bridgehead atoms. The van der Waals surface area contributed by atoms with Crippen LogP contribution in [-0.4, -0.2) is 18.5 Å². The fourth-order valence-corrected chi connectivity index (χ4v) is 2.98. The Hall–Kier alpha value is -2.07. The SMILES string of the molecule is O=S(O)Nc1ccc(-n2nc(C(F)(F)F)cc2-c2ccc(Cl)c(Cl)c2)cc1. The van der Waals surface area contributed by atoms with Crippen molar-refractivity contribution in [1.82, 2.24) is 9.78 Å². The maximum atomic E-state index is 13.2. The van der Waals surface area contributed by atoms with Crippen molar-refractivity contribution in [2.24, 2.45) is 0 Å². The summed E-state index contributed by atoms with van der Waals surface area (Å²) in [6, 6.07) is 11.2. The van der Waals surface area contributed by atoms with Crippen LogP contribution in [-0.2, 0) is 17.4 Å². The Labute approximate surface area is 164 Å². The number of nitrogens with zero attached hydrogens (tertiary/aromatic N) is 2. The van der Waals surface area contributed by atoms with Crippen LogP contribution in [0.15, 0.2) is 48.5 Å². The molecule has 3 aromatic rings. The zero-order valence-electron chi connectivity index (χ0n) is 13.2. The molecule has 2 N–H and O–H groups in total. The van der Waals surface area contributed by atoms with E-state index in [0.717, 1.165) is 10.7 Å². The molecule has 0 saturated heterocycles. The van der Waals surface area contributed by atoms with E-state index in [4.69, 9.17) is 27.8 Å². The summed E-state index contributed by atoms with van der Waals surface area (Å²) in [5.74, 6) is 0. The van der Waals surface area contributed by atoms with Gasteiger partial charge in [-0.3, -0.25) is 9.27 Å². The third-order valence-electron chi connectivity index (χ3n) is 3.53. The third-order valence-corrected chi connectivity index (χ3v) is 4.68. The van der Waals surface area contributed by atoms with Gasteiger partial charge in [0.05, 0.1) is 21.4 Å². The third kappa shape index (κ3) is 4.44. The van der Waals surface area contributed by atoms with Crippen LogP contribution in [0.25, 0.3) is 16.9 Å². The summed E-state index contributed by atoms with van der Waals surface area (Å²) in [7, 11) is 0.